The van der Waals surface area contributed by atoms with E-state index in [1.807, 2.05) is 37.3 Å². The summed E-state index contributed by atoms with van der Waals surface area (Å²) in [5.41, 5.74) is 4.23. The van der Waals surface area contributed by atoms with Crippen LogP contribution in [-0.4, -0.2) is 28.3 Å². The molecule has 1 fully saturated rings. The lowest BCUT2D eigenvalue weighted by molar-refractivity contribution is -0.132. The van der Waals surface area contributed by atoms with E-state index in [9.17, 15) is 9.59 Å². The highest BCUT2D eigenvalue weighted by Crippen LogP contribution is 2.25. The highest BCUT2D eigenvalue weighted by atomic mass is 16.2. The third kappa shape index (κ3) is 3.56. The summed E-state index contributed by atoms with van der Waals surface area (Å²) in [6.45, 7) is 2.84. The monoisotopic (exact) mass is 364 g/mol. The van der Waals surface area contributed by atoms with E-state index in [0.717, 1.165) is 36.3 Å². The first-order chi connectivity index (χ1) is 13.1. The maximum Gasteiger partial charge on any atom is 0.239 e. The molecule has 0 unspecified atom stereocenters. The molecule has 2 heterocycles. The average molecular weight is 364 g/mol. The lowest BCUT2D eigenvalue weighted by Gasteiger charge is -2.18. The van der Waals surface area contributed by atoms with Crippen LogP contribution in [0.3, 0.4) is 0 Å². The first-order valence-electron chi connectivity index (χ1n) is 9.63. The first-order valence-corrected chi connectivity index (χ1v) is 9.63. The molecule has 6 nitrogen and oxygen atoms in total. The Labute approximate surface area is 159 Å². The molecule has 1 aromatic carbocycles. The molecule has 2 aliphatic rings. The summed E-state index contributed by atoms with van der Waals surface area (Å²) in [6, 6.07) is 9.48. The van der Waals surface area contributed by atoms with Gasteiger partial charge in [-0.2, -0.15) is 0 Å². The van der Waals surface area contributed by atoms with Gasteiger partial charge in [0, 0.05) is 23.6 Å². The number of carbonyl (C=O) groups is 2. The molecule has 2 amide bonds. The Bertz CT molecular complexity index is 866. The van der Waals surface area contributed by atoms with Gasteiger partial charge in [0.1, 0.15) is 11.7 Å². The molecule has 0 radical (unpaired) electrons. The van der Waals surface area contributed by atoms with Crippen LogP contribution in [0.4, 0.5) is 5.69 Å². The Balaban J connectivity index is 1.40. The van der Waals surface area contributed by atoms with Gasteiger partial charge in [-0.25, -0.2) is 9.97 Å². The number of aromatic nitrogens is 2. The molecule has 0 saturated carbocycles. The lowest BCUT2D eigenvalue weighted by atomic mass is 9.95. The van der Waals surface area contributed by atoms with Crippen molar-refractivity contribution in [2.45, 2.75) is 45.6 Å². The Morgan fingerprint density at radius 1 is 1.19 bits per heavy atom. The zero-order chi connectivity index (χ0) is 18.8. The van der Waals surface area contributed by atoms with Crippen LogP contribution in [-0.2, 0) is 29.0 Å². The molecule has 4 rings (SSSR count). The van der Waals surface area contributed by atoms with Crippen LogP contribution in [0.2, 0.25) is 0 Å². The molecule has 0 bridgehead atoms. The van der Waals surface area contributed by atoms with E-state index < -0.39 is 5.92 Å². The van der Waals surface area contributed by atoms with Gasteiger partial charge in [0.15, 0.2) is 0 Å². The summed E-state index contributed by atoms with van der Waals surface area (Å²) in [5.74, 6) is -0.380. The number of nitrogens with zero attached hydrogens (tertiary/aromatic N) is 3. The summed E-state index contributed by atoms with van der Waals surface area (Å²) >= 11 is 0. The highest BCUT2D eigenvalue weighted by Gasteiger charge is 2.37. The number of benzene rings is 1. The van der Waals surface area contributed by atoms with Crippen molar-refractivity contribution < 1.29 is 9.59 Å². The lowest BCUT2D eigenvalue weighted by Crippen LogP contribution is -2.37. The third-order valence-corrected chi connectivity index (χ3v) is 5.45. The van der Waals surface area contributed by atoms with Crippen LogP contribution < -0.4 is 10.2 Å². The van der Waals surface area contributed by atoms with E-state index >= 15 is 0 Å². The number of para-hydroxylation sites is 1. The number of fused-ring (bicyclic) bond motifs is 1. The number of amides is 2. The van der Waals surface area contributed by atoms with Crippen molar-refractivity contribution in [3.8, 4) is 0 Å². The van der Waals surface area contributed by atoms with Gasteiger partial charge in [0.2, 0.25) is 11.8 Å². The second-order valence-electron chi connectivity index (χ2n) is 7.24. The van der Waals surface area contributed by atoms with Crippen molar-refractivity contribution in [1.82, 2.24) is 15.3 Å². The van der Waals surface area contributed by atoms with Gasteiger partial charge in [-0.05, 0) is 56.7 Å². The predicted molar refractivity (Wildman–Crippen MR) is 102 cm³/mol. The van der Waals surface area contributed by atoms with Crippen LogP contribution in [0.5, 0.6) is 0 Å². The zero-order valence-electron chi connectivity index (χ0n) is 15.6. The summed E-state index contributed by atoms with van der Waals surface area (Å²) in [5, 5.41) is 2.87. The summed E-state index contributed by atoms with van der Waals surface area (Å²) in [6.07, 6.45) is 4.90. The molecule has 1 aliphatic heterocycles. The standard InChI is InChI=1S/C21H24N4O2/c1-14-16-9-5-6-10-18(16)24-19(23-14)13-22-20(26)17-11-12-25(21(17)27)15-7-3-2-4-8-15/h2-4,7-8,17H,5-6,9-13H2,1H3,(H,22,26)/t17-/m1/s1. The normalized spacial score (nSPS) is 19.1. The second kappa shape index (κ2) is 7.47. The molecular weight excluding hydrogens is 340 g/mol. The SMILES string of the molecule is Cc1nc(CNC(=O)[C@H]2CCN(c3ccccc3)C2=O)nc2c1CCCC2. The van der Waals surface area contributed by atoms with Gasteiger partial charge < -0.3 is 10.2 Å². The number of rotatable bonds is 4. The fourth-order valence-electron chi connectivity index (χ4n) is 4.00. The van der Waals surface area contributed by atoms with Crippen LogP contribution in [0.15, 0.2) is 30.3 Å². The van der Waals surface area contributed by atoms with Gasteiger partial charge in [-0.3, -0.25) is 9.59 Å². The molecule has 1 N–H and O–H groups in total. The molecule has 1 saturated heterocycles. The van der Waals surface area contributed by atoms with Gasteiger partial charge in [-0.15, -0.1) is 0 Å². The fourth-order valence-corrected chi connectivity index (χ4v) is 4.00. The molecule has 6 heteroatoms. The third-order valence-electron chi connectivity index (χ3n) is 5.45. The number of hydrogen-bond acceptors (Lipinski definition) is 4. The number of hydrogen-bond donors (Lipinski definition) is 1. The molecule has 2 aromatic rings. The smallest absolute Gasteiger partial charge is 0.239 e. The maximum absolute atomic E-state index is 12.6. The van der Waals surface area contributed by atoms with Crippen LogP contribution >= 0.6 is 0 Å². The molecule has 1 atom stereocenters. The minimum absolute atomic E-state index is 0.138. The summed E-state index contributed by atoms with van der Waals surface area (Å²) in [7, 11) is 0. The molecule has 1 aromatic heterocycles. The van der Waals surface area contributed by atoms with E-state index in [1.54, 1.807) is 4.90 Å². The predicted octanol–water partition coefficient (Wildman–Crippen LogP) is 2.33. The van der Waals surface area contributed by atoms with Crippen molar-refractivity contribution >= 4 is 17.5 Å². The van der Waals surface area contributed by atoms with E-state index in [1.165, 1.54) is 12.0 Å². The van der Waals surface area contributed by atoms with Gasteiger partial charge in [0.25, 0.3) is 0 Å². The van der Waals surface area contributed by atoms with Gasteiger partial charge >= 0.3 is 0 Å². The van der Waals surface area contributed by atoms with Crippen molar-refractivity contribution in [3.63, 3.8) is 0 Å². The number of anilines is 1. The average Bonchev–Trinajstić information content (AvgIpc) is 3.08. The summed E-state index contributed by atoms with van der Waals surface area (Å²) < 4.78 is 0. The minimum Gasteiger partial charge on any atom is -0.348 e. The van der Waals surface area contributed by atoms with Crippen molar-refractivity contribution in [1.29, 1.82) is 0 Å². The van der Waals surface area contributed by atoms with Crippen LogP contribution in [0.1, 0.15) is 42.0 Å². The Kier molecular flexibility index (Phi) is 4.88. The number of carbonyl (C=O) groups excluding carboxylic acids is 2. The quantitative estimate of drug-likeness (QED) is 0.845. The molecule has 27 heavy (non-hydrogen) atoms. The van der Waals surface area contributed by atoms with Crippen molar-refractivity contribution in [2.24, 2.45) is 5.92 Å². The second-order valence-corrected chi connectivity index (χ2v) is 7.24. The van der Waals surface area contributed by atoms with E-state index in [4.69, 9.17) is 0 Å². The Hall–Kier alpha value is -2.76. The van der Waals surface area contributed by atoms with E-state index in [0.29, 0.717) is 18.8 Å². The Morgan fingerprint density at radius 2 is 1.96 bits per heavy atom. The van der Waals surface area contributed by atoms with E-state index in [2.05, 4.69) is 15.3 Å². The highest BCUT2D eigenvalue weighted by molar-refractivity contribution is 6.09. The van der Waals surface area contributed by atoms with E-state index in [-0.39, 0.29) is 18.4 Å². The van der Waals surface area contributed by atoms with Crippen molar-refractivity contribution in [3.05, 3.63) is 53.1 Å². The summed E-state index contributed by atoms with van der Waals surface area (Å²) in [4.78, 5) is 36.1. The topological polar surface area (TPSA) is 75.2 Å². The van der Waals surface area contributed by atoms with Gasteiger partial charge in [-0.1, -0.05) is 18.2 Å². The fraction of sp³-hybridized carbons (Fsp3) is 0.429. The molecule has 0 spiro atoms. The Morgan fingerprint density at radius 3 is 2.78 bits per heavy atom. The molecule has 140 valence electrons. The maximum atomic E-state index is 12.6. The van der Waals surface area contributed by atoms with Gasteiger partial charge in [0.05, 0.1) is 6.54 Å². The molecule has 1 aliphatic carbocycles. The largest absolute Gasteiger partial charge is 0.348 e. The first kappa shape index (κ1) is 17.6. The number of aryl methyl sites for hydroxylation is 2. The molecular formula is C21H24N4O2. The van der Waals surface area contributed by atoms with Crippen LogP contribution in [0.25, 0.3) is 0 Å². The minimum atomic E-state index is -0.635. The number of nitrogens with one attached hydrogen (secondary N) is 1. The van der Waals surface area contributed by atoms with Crippen molar-refractivity contribution in [2.75, 3.05) is 11.4 Å². The zero-order valence-corrected chi connectivity index (χ0v) is 15.6. The van der Waals surface area contributed by atoms with Crippen LogP contribution in [0, 0.1) is 12.8 Å².